The summed E-state index contributed by atoms with van der Waals surface area (Å²) in [6.45, 7) is 3.54. The highest BCUT2D eigenvalue weighted by Crippen LogP contribution is 2.21. The summed E-state index contributed by atoms with van der Waals surface area (Å²) in [5.41, 5.74) is 6.69. The van der Waals surface area contributed by atoms with Gasteiger partial charge in [-0.05, 0) is 30.5 Å². The summed E-state index contributed by atoms with van der Waals surface area (Å²) < 4.78 is 26.0. The lowest BCUT2D eigenvalue weighted by Crippen LogP contribution is -2.10. The number of halogens is 2. The minimum atomic E-state index is -0.804. The second-order valence-corrected chi connectivity index (χ2v) is 3.07. The molecular formula is C10H13F2N. The molecule has 0 heterocycles. The summed E-state index contributed by atoms with van der Waals surface area (Å²) in [5, 5.41) is 0. The Morgan fingerprint density at radius 2 is 2.00 bits per heavy atom. The van der Waals surface area contributed by atoms with Crippen LogP contribution in [0.4, 0.5) is 8.78 Å². The van der Waals surface area contributed by atoms with Crippen molar-refractivity contribution < 1.29 is 8.78 Å². The van der Waals surface area contributed by atoms with E-state index >= 15 is 0 Å². The van der Waals surface area contributed by atoms with Crippen LogP contribution in [0.5, 0.6) is 0 Å². The van der Waals surface area contributed by atoms with Crippen molar-refractivity contribution in [3.8, 4) is 0 Å². The maximum Gasteiger partial charge on any atom is 0.162 e. The highest BCUT2D eigenvalue weighted by atomic mass is 19.2. The third-order valence-electron chi connectivity index (χ3n) is 2.08. The molecule has 13 heavy (non-hydrogen) atoms. The second-order valence-electron chi connectivity index (χ2n) is 3.07. The molecule has 0 amide bonds. The Morgan fingerprint density at radius 3 is 2.46 bits per heavy atom. The van der Waals surface area contributed by atoms with Crippen molar-refractivity contribution in [1.82, 2.24) is 0 Å². The van der Waals surface area contributed by atoms with Gasteiger partial charge >= 0.3 is 0 Å². The van der Waals surface area contributed by atoms with Crippen LogP contribution in [0.25, 0.3) is 0 Å². The Morgan fingerprint density at radius 1 is 1.38 bits per heavy atom. The molecular weight excluding hydrogens is 172 g/mol. The molecule has 1 nitrogen and oxygen atoms in total. The van der Waals surface area contributed by atoms with Gasteiger partial charge in [0.2, 0.25) is 0 Å². The van der Waals surface area contributed by atoms with Crippen LogP contribution in [-0.2, 0) is 6.42 Å². The second kappa shape index (κ2) is 3.83. The molecule has 0 aliphatic heterocycles. The van der Waals surface area contributed by atoms with Crippen molar-refractivity contribution in [2.75, 3.05) is 0 Å². The molecule has 2 N–H and O–H groups in total. The van der Waals surface area contributed by atoms with E-state index in [0.717, 1.165) is 6.07 Å². The Bertz CT molecular complexity index is 308. The van der Waals surface area contributed by atoms with Crippen LogP contribution in [0, 0.1) is 11.6 Å². The van der Waals surface area contributed by atoms with E-state index < -0.39 is 11.6 Å². The Balaban J connectivity index is 3.30. The van der Waals surface area contributed by atoms with Gasteiger partial charge in [-0.1, -0.05) is 13.0 Å². The monoisotopic (exact) mass is 185 g/mol. The van der Waals surface area contributed by atoms with Gasteiger partial charge in [-0.2, -0.15) is 0 Å². The molecule has 1 aromatic carbocycles. The molecule has 0 saturated heterocycles. The topological polar surface area (TPSA) is 26.0 Å². The lowest BCUT2D eigenvalue weighted by atomic mass is 9.99. The summed E-state index contributed by atoms with van der Waals surface area (Å²) in [4.78, 5) is 0. The summed E-state index contributed by atoms with van der Waals surface area (Å²) in [6, 6.07) is 2.40. The van der Waals surface area contributed by atoms with Gasteiger partial charge in [-0.3, -0.25) is 0 Å². The molecule has 0 unspecified atom stereocenters. The van der Waals surface area contributed by atoms with E-state index in [4.69, 9.17) is 5.73 Å². The molecule has 72 valence electrons. The number of nitrogens with two attached hydrogens (primary N) is 1. The molecule has 0 aromatic heterocycles. The molecule has 0 radical (unpaired) electrons. The molecule has 3 heteroatoms. The van der Waals surface area contributed by atoms with Crippen molar-refractivity contribution in [2.45, 2.75) is 26.3 Å². The standard InChI is InChI=1S/C10H13F2N/c1-3-7-8(6(2)13)4-5-9(11)10(7)12/h4-6H,3,13H2,1-2H3/t6-/m0/s1. The fourth-order valence-electron chi connectivity index (χ4n) is 1.39. The molecule has 0 fully saturated rings. The van der Waals surface area contributed by atoms with Gasteiger partial charge in [-0.15, -0.1) is 0 Å². The first-order chi connectivity index (χ1) is 6.07. The van der Waals surface area contributed by atoms with E-state index in [0.29, 0.717) is 17.5 Å². The largest absolute Gasteiger partial charge is 0.324 e. The Kier molecular flexibility index (Phi) is 2.98. The van der Waals surface area contributed by atoms with Gasteiger partial charge < -0.3 is 5.73 Å². The first-order valence-electron chi connectivity index (χ1n) is 4.30. The number of benzene rings is 1. The molecule has 1 aromatic rings. The van der Waals surface area contributed by atoms with Crippen molar-refractivity contribution in [3.05, 3.63) is 34.9 Å². The molecule has 1 atom stereocenters. The third kappa shape index (κ3) is 1.86. The van der Waals surface area contributed by atoms with Crippen LogP contribution >= 0.6 is 0 Å². The summed E-state index contributed by atoms with van der Waals surface area (Å²) in [6.07, 6.45) is 0.459. The number of hydrogen-bond donors (Lipinski definition) is 1. The van der Waals surface area contributed by atoms with Crippen molar-refractivity contribution in [3.63, 3.8) is 0 Å². The third-order valence-corrected chi connectivity index (χ3v) is 2.08. The SMILES string of the molecule is CCc1c([C@H](C)N)ccc(F)c1F. The predicted octanol–water partition coefficient (Wildman–Crippen LogP) is 2.55. The molecule has 1 rings (SSSR count). The first kappa shape index (κ1) is 10.1. The highest BCUT2D eigenvalue weighted by Gasteiger charge is 2.13. The van der Waals surface area contributed by atoms with Gasteiger partial charge in [0.05, 0.1) is 0 Å². The fraction of sp³-hybridized carbons (Fsp3) is 0.400. The van der Waals surface area contributed by atoms with Gasteiger partial charge in [0.1, 0.15) is 0 Å². The van der Waals surface area contributed by atoms with E-state index in [1.807, 2.05) is 0 Å². The molecule has 0 bridgehead atoms. The quantitative estimate of drug-likeness (QED) is 0.752. The maximum absolute atomic E-state index is 13.2. The molecule has 0 spiro atoms. The summed E-state index contributed by atoms with van der Waals surface area (Å²) >= 11 is 0. The van der Waals surface area contributed by atoms with Gasteiger partial charge in [0.25, 0.3) is 0 Å². The lowest BCUT2D eigenvalue weighted by Gasteiger charge is -2.12. The minimum absolute atomic E-state index is 0.259. The van der Waals surface area contributed by atoms with Crippen molar-refractivity contribution in [2.24, 2.45) is 5.73 Å². The Hall–Kier alpha value is -0.960. The van der Waals surface area contributed by atoms with Crippen LogP contribution in [-0.4, -0.2) is 0 Å². The van der Waals surface area contributed by atoms with E-state index in [-0.39, 0.29) is 6.04 Å². The summed E-state index contributed by atoms with van der Waals surface area (Å²) in [5.74, 6) is -1.57. The maximum atomic E-state index is 13.2. The lowest BCUT2D eigenvalue weighted by molar-refractivity contribution is 0.496. The zero-order valence-electron chi connectivity index (χ0n) is 7.77. The van der Waals surface area contributed by atoms with E-state index in [1.165, 1.54) is 0 Å². The van der Waals surface area contributed by atoms with Crippen LogP contribution in [0.2, 0.25) is 0 Å². The highest BCUT2D eigenvalue weighted by molar-refractivity contribution is 5.31. The van der Waals surface area contributed by atoms with E-state index in [1.54, 1.807) is 19.9 Å². The minimum Gasteiger partial charge on any atom is -0.324 e. The van der Waals surface area contributed by atoms with Gasteiger partial charge in [0, 0.05) is 6.04 Å². The van der Waals surface area contributed by atoms with Gasteiger partial charge in [-0.25, -0.2) is 8.78 Å². The van der Waals surface area contributed by atoms with Crippen molar-refractivity contribution in [1.29, 1.82) is 0 Å². The van der Waals surface area contributed by atoms with Crippen LogP contribution in [0.1, 0.15) is 31.0 Å². The van der Waals surface area contributed by atoms with E-state index in [9.17, 15) is 8.78 Å². The first-order valence-corrected chi connectivity index (χ1v) is 4.30. The number of rotatable bonds is 2. The average molecular weight is 185 g/mol. The smallest absolute Gasteiger partial charge is 0.162 e. The Labute approximate surface area is 76.6 Å². The van der Waals surface area contributed by atoms with Crippen LogP contribution in [0.3, 0.4) is 0 Å². The zero-order valence-corrected chi connectivity index (χ0v) is 7.77. The normalized spacial score (nSPS) is 13.0. The fourth-order valence-corrected chi connectivity index (χ4v) is 1.39. The number of hydrogen-bond acceptors (Lipinski definition) is 1. The van der Waals surface area contributed by atoms with Gasteiger partial charge in [0.15, 0.2) is 11.6 Å². The summed E-state index contributed by atoms with van der Waals surface area (Å²) in [7, 11) is 0. The molecule has 0 aliphatic rings. The van der Waals surface area contributed by atoms with E-state index in [2.05, 4.69) is 0 Å². The average Bonchev–Trinajstić information content (AvgIpc) is 2.09. The molecule has 0 aliphatic carbocycles. The predicted molar refractivity (Wildman–Crippen MR) is 48.3 cm³/mol. The van der Waals surface area contributed by atoms with Crippen LogP contribution in [0.15, 0.2) is 12.1 Å². The van der Waals surface area contributed by atoms with Crippen LogP contribution < -0.4 is 5.73 Å². The van der Waals surface area contributed by atoms with Crippen molar-refractivity contribution >= 4 is 0 Å². The molecule has 0 saturated carbocycles. The zero-order chi connectivity index (χ0) is 10.0.